The van der Waals surface area contributed by atoms with E-state index in [9.17, 15) is 0 Å². The SMILES string of the molecule is [2H]C1(C)C(C)(C)C([2H])(C)[C@@](C)(NC)[C@]([2H])(N)C1([2H])[2H]. The maximum Gasteiger partial charge on any atom is 0.0482 e. The lowest BCUT2D eigenvalue weighted by Gasteiger charge is -2.55. The largest absolute Gasteiger partial charge is 0.326 e. The van der Waals surface area contributed by atoms with Crippen LogP contribution in [0.15, 0.2) is 0 Å². The average molecular weight is 203 g/mol. The third-order valence-corrected chi connectivity index (χ3v) is 3.99. The molecule has 0 bridgehead atoms. The Morgan fingerprint density at radius 1 is 1.43 bits per heavy atom. The molecule has 1 aliphatic carbocycles. The molecule has 0 heterocycles. The summed E-state index contributed by atoms with van der Waals surface area (Å²) < 4.78 is 42.1. The van der Waals surface area contributed by atoms with Crippen LogP contribution in [-0.2, 0) is 0 Å². The Morgan fingerprint density at radius 2 is 1.93 bits per heavy atom. The second kappa shape index (κ2) is 3.49. The summed E-state index contributed by atoms with van der Waals surface area (Å²) in [5, 5.41) is 2.89. The van der Waals surface area contributed by atoms with Gasteiger partial charge in [0.15, 0.2) is 0 Å². The van der Waals surface area contributed by atoms with Crippen molar-refractivity contribution in [3.8, 4) is 0 Å². The molecule has 0 aromatic rings. The number of nitrogens with one attached hydrogen (secondary N) is 1. The van der Waals surface area contributed by atoms with Gasteiger partial charge in [-0.2, -0.15) is 0 Å². The van der Waals surface area contributed by atoms with Crippen molar-refractivity contribution in [1.29, 1.82) is 0 Å². The Balaban J connectivity index is 3.76. The molecule has 0 amide bonds. The van der Waals surface area contributed by atoms with E-state index in [-0.39, 0.29) is 0 Å². The van der Waals surface area contributed by atoms with Gasteiger partial charge in [-0.1, -0.05) is 27.7 Å². The smallest absolute Gasteiger partial charge is 0.0482 e. The molecule has 0 aliphatic heterocycles. The monoisotopic (exact) mass is 203 g/mol. The van der Waals surface area contributed by atoms with E-state index in [2.05, 4.69) is 5.32 Å². The lowest BCUT2D eigenvalue weighted by molar-refractivity contribution is -0.00786. The van der Waals surface area contributed by atoms with Crippen LogP contribution in [0.3, 0.4) is 0 Å². The minimum atomic E-state index is -2.28. The van der Waals surface area contributed by atoms with E-state index in [4.69, 9.17) is 12.6 Å². The van der Waals surface area contributed by atoms with Crippen LogP contribution in [0.1, 0.15) is 47.8 Å². The van der Waals surface area contributed by atoms with E-state index < -0.39 is 35.1 Å². The first-order chi connectivity index (χ1) is 8.06. The average Bonchev–Trinajstić information content (AvgIpc) is 2.24. The predicted octanol–water partition coefficient (Wildman–Crippen LogP) is 1.99. The Hall–Kier alpha value is -0.0800. The van der Waals surface area contributed by atoms with Crippen LogP contribution >= 0.6 is 0 Å². The highest BCUT2D eigenvalue weighted by Crippen LogP contribution is 2.48. The minimum Gasteiger partial charge on any atom is -0.326 e. The normalized spacial score (nSPS) is 72.4. The molecule has 14 heavy (non-hydrogen) atoms. The van der Waals surface area contributed by atoms with E-state index >= 15 is 0 Å². The zero-order valence-electron chi connectivity index (χ0n) is 15.1. The fourth-order valence-corrected chi connectivity index (χ4v) is 1.91. The molecule has 1 fully saturated rings. The van der Waals surface area contributed by atoms with Crippen LogP contribution in [0.5, 0.6) is 0 Å². The van der Waals surface area contributed by atoms with Gasteiger partial charge in [-0.15, -0.1) is 0 Å². The summed E-state index contributed by atoms with van der Waals surface area (Å²) in [5.41, 5.74) is 3.70. The van der Waals surface area contributed by atoms with Crippen LogP contribution in [0.2, 0.25) is 0 Å². The highest BCUT2D eigenvalue weighted by atomic mass is 15.0. The van der Waals surface area contributed by atoms with Crippen molar-refractivity contribution in [3.05, 3.63) is 0 Å². The van der Waals surface area contributed by atoms with Gasteiger partial charge in [0, 0.05) is 18.4 Å². The molecule has 3 N–H and O–H groups in total. The van der Waals surface area contributed by atoms with Gasteiger partial charge in [-0.3, -0.25) is 0 Å². The van der Waals surface area contributed by atoms with E-state index in [1.807, 2.05) is 0 Å². The van der Waals surface area contributed by atoms with Gasteiger partial charge in [-0.05, 0) is 37.5 Å². The Morgan fingerprint density at radius 3 is 2.36 bits per heavy atom. The second-order valence-corrected chi connectivity index (χ2v) is 4.79. The Bertz CT molecular complexity index is 358. The molecule has 0 spiro atoms. The summed E-state index contributed by atoms with van der Waals surface area (Å²) in [6.07, 6.45) is -2.28. The maximum atomic E-state index is 8.72. The topological polar surface area (TPSA) is 38.0 Å². The fraction of sp³-hybridized carbons (Fsp3) is 1.00. The van der Waals surface area contributed by atoms with E-state index in [0.717, 1.165) is 0 Å². The van der Waals surface area contributed by atoms with Crippen LogP contribution in [0.25, 0.3) is 0 Å². The highest BCUT2D eigenvalue weighted by molar-refractivity contribution is 5.07. The van der Waals surface area contributed by atoms with Gasteiger partial charge in [0.1, 0.15) is 0 Å². The second-order valence-electron chi connectivity index (χ2n) is 4.79. The minimum absolute atomic E-state index is 1.01. The maximum absolute atomic E-state index is 8.72. The predicted molar refractivity (Wildman–Crippen MR) is 62.2 cm³/mol. The molecule has 1 saturated carbocycles. The lowest BCUT2D eigenvalue weighted by atomic mass is 9.55. The van der Waals surface area contributed by atoms with Gasteiger partial charge < -0.3 is 11.1 Å². The molecular weight excluding hydrogens is 172 g/mol. The molecule has 0 radical (unpaired) electrons. The first kappa shape index (κ1) is 6.49. The first-order valence-electron chi connectivity index (χ1n) is 7.54. The summed E-state index contributed by atoms with van der Waals surface area (Å²) in [4.78, 5) is 0. The zero-order chi connectivity index (χ0) is 15.7. The van der Waals surface area contributed by atoms with Crippen LogP contribution in [0, 0.1) is 17.2 Å². The van der Waals surface area contributed by atoms with Crippen LogP contribution in [0.4, 0.5) is 0 Å². The number of hydrogen-bond donors (Lipinski definition) is 2. The zero-order valence-corrected chi connectivity index (χ0v) is 10.1. The van der Waals surface area contributed by atoms with Crippen molar-refractivity contribution >= 4 is 0 Å². The molecule has 0 saturated heterocycles. The Kier molecular flexibility index (Phi) is 1.62. The molecule has 2 unspecified atom stereocenters. The van der Waals surface area contributed by atoms with Crippen molar-refractivity contribution in [2.24, 2.45) is 22.9 Å². The van der Waals surface area contributed by atoms with Gasteiger partial charge in [0.2, 0.25) is 0 Å². The van der Waals surface area contributed by atoms with Crippen molar-refractivity contribution in [2.45, 2.75) is 52.5 Å². The molecular formula is C12H26N2. The van der Waals surface area contributed by atoms with Crippen molar-refractivity contribution in [1.82, 2.24) is 5.32 Å². The highest BCUT2D eigenvalue weighted by Gasteiger charge is 2.50. The van der Waals surface area contributed by atoms with Gasteiger partial charge >= 0.3 is 0 Å². The third-order valence-electron chi connectivity index (χ3n) is 3.99. The molecule has 84 valence electrons. The van der Waals surface area contributed by atoms with E-state index in [1.54, 1.807) is 34.7 Å². The quantitative estimate of drug-likeness (QED) is 0.684. The standard InChI is InChI=1S/C12H26N2/c1-8-7-10(13)12(5,14-6)9(2)11(8,3)4/h8-10,14H,7,13H2,1-6H3/t8?,9?,10-,12-/m1/s1/i7D2,8D,9D,10D. The Labute approximate surface area is 95.7 Å². The molecule has 2 nitrogen and oxygen atoms in total. The lowest BCUT2D eigenvalue weighted by Crippen LogP contribution is -2.66. The van der Waals surface area contributed by atoms with Crippen molar-refractivity contribution in [2.75, 3.05) is 7.05 Å². The van der Waals surface area contributed by atoms with Crippen LogP contribution < -0.4 is 11.1 Å². The van der Waals surface area contributed by atoms with E-state index in [0.29, 0.717) is 0 Å². The molecule has 0 aromatic carbocycles. The van der Waals surface area contributed by atoms with Crippen molar-refractivity contribution in [3.63, 3.8) is 0 Å². The van der Waals surface area contributed by atoms with Gasteiger partial charge in [-0.25, -0.2) is 0 Å². The summed E-state index contributed by atoms with van der Waals surface area (Å²) in [7, 11) is 1.59. The summed E-state index contributed by atoms with van der Waals surface area (Å²) in [6.45, 7) is 8.07. The summed E-state index contributed by atoms with van der Waals surface area (Å²) in [6, 6.07) is -2.10. The molecule has 1 aliphatic rings. The van der Waals surface area contributed by atoms with E-state index in [1.165, 1.54) is 6.92 Å². The number of rotatable bonds is 1. The summed E-state index contributed by atoms with van der Waals surface area (Å²) >= 11 is 0. The number of likely N-dealkylation sites (N-methyl/N-ethyl adjacent to an activating group) is 1. The number of hydrogen-bond acceptors (Lipinski definition) is 2. The first-order valence-corrected chi connectivity index (χ1v) is 5.04. The number of nitrogens with two attached hydrogens (primary N) is 1. The van der Waals surface area contributed by atoms with Gasteiger partial charge in [0.25, 0.3) is 0 Å². The molecule has 4 atom stereocenters. The summed E-state index contributed by atoms with van der Waals surface area (Å²) in [5.74, 6) is -2.96. The van der Waals surface area contributed by atoms with Crippen LogP contribution in [-0.4, -0.2) is 18.6 Å². The third kappa shape index (κ3) is 1.49. The molecule has 2 heteroatoms. The molecule has 0 aromatic heterocycles. The van der Waals surface area contributed by atoms with Gasteiger partial charge in [0.05, 0.1) is 0 Å². The fourth-order valence-electron chi connectivity index (χ4n) is 1.91. The molecule has 1 rings (SSSR count). The van der Waals surface area contributed by atoms with Crippen molar-refractivity contribution < 1.29 is 6.85 Å².